The molecule has 4 amide bonds. The Hall–Kier alpha value is -3.19. The molecule has 1 N–H and O–H groups in total. The van der Waals surface area contributed by atoms with Crippen LogP contribution in [0.25, 0.3) is 10.8 Å². The highest BCUT2D eigenvalue weighted by Gasteiger charge is 2.38. The van der Waals surface area contributed by atoms with Crippen LogP contribution in [0.2, 0.25) is 0 Å². The van der Waals surface area contributed by atoms with E-state index in [4.69, 9.17) is 0 Å². The number of urea groups is 1. The van der Waals surface area contributed by atoms with E-state index in [-0.39, 0.29) is 5.57 Å². The van der Waals surface area contributed by atoms with E-state index in [1.54, 1.807) is 18.3 Å². The molecule has 0 spiro atoms. The lowest BCUT2D eigenvalue weighted by atomic mass is 10.1. The average Bonchev–Trinajstić information content (AvgIpc) is 2.66. The molecule has 7 nitrogen and oxygen atoms in total. The molecule has 2 heterocycles. The van der Waals surface area contributed by atoms with Crippen LogP contribution >= 0.6 is 0 Å². The molecule has 2 fully saturated rings. The Labute approximate surface area is 156 Å². The van der Waals surface area contributed by atoms with Crippen LogP contribution in [0.15, 0.2) is 54.2 Å². The van der Waals surface area contributed by atoms with Crippen LogP contribution < -0.4 is 10.2 Å². The largest absolute Gasteiger partial charge is 0.374 e. The number of anilines is 1. The quantitative estimate of drug-likeness (QED) is 0.647. The summed E-state index contributed by atoms with van der Waals surface area (Å²) in [7, 11) is 2.03. The highest BCUT2D eigenvalue weighted by molar-refractivity contribution is 6.38. The molecule has 0 saturated carbocycles. The van der Waals surface area contributed by atoms with Gasteiger partial charge in [-0.25, -0.2) is 9.69 Å². The summed E-state index contributed by atoms with van der Waals surface area (Å²) >= 11 is 0. The summed E-state index contributed by atoms with van der Waals surface area (Å²) < 4.78 is 0. The number of benzene rings is 2. The molecule has 2 saturated heterocycles. The van der Waals surface area contributed by atoms with E-state index < -0.39 is 17.8 Å². The number of imide groups is 2. The van der Waals surface area contributed by atoms with Gasteiger partial charge in [-0.1, -0.05) is 36.4 Å². The number of piperazine rings is 1. The summed E-state index contributed by atoms with van der Waals surface area (Å²) in [6.45, 7) is 3.16. The lowest BCUT2D eigenvalue weighted by molar-refractivity contribution is -0.122. The predicted octanol–water partition coefficient (Wildman–Crippen LogP) is 1.55. The third kappa shape index (κ3) is 3.17. The van der Waals surface area contributed by atoms with Gasteiger partial charge in [0.2, 0.25) is 0 Å². The van der Waals surface area contributed by atoms with Gasteiger partial charge in [0.15, 0.2) is 0 Å². The maximum Gasteiger partial charge on any atom is 0.335 e. The molecular weight excluding hydrogens is 344 g/mol. The standard InChI is InChI=1S/C20H20N4O3/c1-22-9-11-23(12-10-22)13-16-18(25)21-20(27)24(19(16)26)17-8-4-6-14-5-2-3-7-15(14)17/h2-8,13H,9-12H2,1H3,(H,21,25,27)/b16-13+. The van der Waals surface area contributed by atoms with Crippen molar-refractivity contribution in [3.8, 4) is 0 Å². The molecule has 2 aromatic rings. The molecule has 0 bridgehead atoms. The molecule has 27 heavy (non-hydrogen) atoms. The highest BCUT2D eigenvalue weighted by atomic mass is 16.2. The second-order valence-electron chi connectivity index (χ2n) is 6.78. The second-order valence-corrected chi connectivity index (χ2v) is 6.78. The smallest absolute Gasteiger partial charge is 0.335 e. The number of amides is 4. The van der Waals surface area contributed by atoms with Crippen LogP contribution in [0.3, 0.4) is 0 Å². The molecule has 0 aliphatic carbocycles. The number of nitrogens with zero attached hydrogens (tertiary/aromatic N) is 3. The summed E-state index contributed by atoms with van der Waals surface area (Å²) in [4.78, 5) is 43.0. The van der Waals surface area contributed by atoms with Crippen molar-refractivity contribution in [1.29, 1.82) is 0 Å². The van der Waals surface area contributed by atoms with Crippen LogP contribution in [-0.2, 0) is 9.59 Å². The molecule has 0 radical (unpaired) electrons. The molecule has 0 atom stereocenters. The van der Waals surface area contributed by atoms with Crippen molar-refractivity contribution >= 4 is 34.3 Å². The Balaban J connectivity index is 1.72. The number of hydrogen-bond donors (Lipinski definition) is 1. The number of nitrogens with one attached hydrogen (secondary N) is 1. The lowest BCUT2D eigenvalue weighted by Crippen LogP contribution is -2.55. The fourth-order valence-electron chi connectivity index (χ4n) is 3.40. The van der Waals surface area contributed by atoms with E-state index in [9.17, 15) is 14.4 Å². The van der Waals surface area contributed by atoms with Crippen LogP contribution in [0.4, 0.5) is 10.5 Å². The predicted molar refractivity (Wildman–Crippen MR) is 102 cm³/mol. The summed E-state index contributed by atoms with van der Waals surface area (Å²) in [5.41, 5.74) is 0.444. The summed E-state index contributed by atoms with van der Waals surface area (Å²) in [6.07, 6.45) is 1.58. The normalized spacial score (nSPS) is 20.5. The number of likely N-dealkylation sites (N-methyl/N-ethyl adjacent to an activating group) is 1. The molecule has 0 unspecified atom stereocenters. The van der Waals surface area contributed by atoms with E-state index in [1.807, 2.05) is 42.3 Å². The Morgan fingerprint density at radius 1 is 0.926 bits per heavy atom. The van der Waals surface area contributed by atoms with E-state index in [2.05, 4.69) is 10.2 Å². The Bertz CT molecular complexity index is 955. The van der Waals surface area contributed by atoms with Crippen LogP contribution in [-0.4, -0.2) is 60.9 Å². The maximum absolute atomic E-state index is 13.1. The minimum absolute atomic E-state index is 0.0212. The number of rotatable bonds is 2. The van der Waals surface area contributed by atoms with Gasteiger partial charge in [0.05, 0.1) is 5.69 Å². The Kier molecular flexibility index (Phi) is 4.37. The van der Waals surface area contributed by atoms with Crippen molar-refractivity contribution in [3.63, 3.8) is 0 Å². The number of carbonyl (C=O) groups is 3. The van der Waals surface area contributed by atoms with Crippen molar-refractivity contribution < 1.29 is 14.4 Å². The lowest BCUT2D eigenvalue weighted by Gasteiger charge is -2.33. The van der Waals surface area contributed by atoms with E-state index in [1.165, 1.54) is 0 Å². The van der Waals surface area contributed by atoms with Crippen LogP contribution in [0.1, 0.15) is 0 Å². The fraction of sp³-hybridized carbons (Fsp3) is 0.250. The van der Waals surface area contributed by atoms with Crippen molar-refractivity contribution in [2.24, 2.45) is 0 Å². The Morgan fingerprint density at radius 3 is 2.41 bits per heavy atom. The molecule has 0 aromatic heterocycles. The first-order valence-electron chi connectivity index (χ1n) is 8.86. The van der Waals surface area contributed by atoms with Gasteiger partial charge in [-0.05, 0) is 18.5 Å². The van der Waals surface area contributed by atoms with Crippen molar-refractivity contribution in [1.82, 2.24) is 15.1 Å². The molecule has 2 aliphatic rings. The van der Waals surface area contributed by atoms with Crippen LogP contribution in [0.5, 0.6) is 0 Å². The van der Waals surface area contributed by atoms with Gasteiger partial charge in [-0.2, -0.15) is 0 Å². The fourth-order valence-corrected chi connectivity index (χ4v) is 3.40. The third-order valence-corrected chi connectivity index (χ3v) is 4.96. The van der Waals surface area contributed by atoms with E-state index in [0.29, 0.717) is 5.69 Å². The number of barbiturate groups is 1. The van der Waals surface area contributed by atoms with Gasteiger partial charge in [-0.3, -0.25) is 14.9 Å². The number of hydrogen-bond acceptors (Lipinski definition) is 5. The maximum atomic E-state index is 13.1. The SMILES string of the molecule is CN1CCN(/C=C2\C(=O)NC(=O)N(c3cccc4ccccc34)C2=O)CC1. The van der Waals surface area contributed by atoms with Crippen molar-refractivity contribution in [2.75, 3.05) is 38.1 Å². The summed E-state index contributed by atoms with van der Waals surface area (Å²) in [6, 6.07) is 12.2. The topological polar surface area (TPSA) is 73.0 Å². The van der Waals surface area contributed by atoms with Crippen LogP contribution in [0, 0.1) is 0 Å². The molecule has 4 rings (SSSR count). The van der Waals surface area contributed by atoms with Gasteiger partial charge in [0.25, 0.3) is 11.8 Å². The van der Waals surface area contributed by atoms with E-state index >= 15 is 0 Å². The molecule has 7 heteroatoms. The van der Waals surface area contributed by atoms with Gasteiger partial charge < -0.3 is 9.80 Å². The molecule has 138 valence electrons. The minimum Gasteiger partial charge on any atom is -0.374 e. The monoisotopic (exact) mass is 364 g/mol. The zero-order valence-electron chi connectivity index (χ0n) is 15.0. The molecule has 2 aliphatic heterocycles. The highest BCUT2D eigenvalue weighted by Crippen LogP contribution is 2.29. The first kappa shape index (κ1) is 17.2. The molecular formula is C20H20N4O3. The van der Waals surface area contributed by atoms with Crippen molar-refractivity contribution in [3.05, 3.63) is 54.2 Å². The van der Waals surface area contributed by atoms with Gasteiger partial charge in [0, 0.05) is 37.8 Å². The average molecular weight is 364 g/mol. The zero-order valence-corrected chi connectivity index (χ0v) is 15.0. The number of carbonyl (C=O) groups excluding carboxylic acids is 3. The summed E-state index contributed by atoms with van der Waals surface area (Å²) in [5.74, 6) is -1.25. The summed E-state index contributed by atoms with van der Waals surface area (Å²) in [5, 5.41) is 3.98. The van der Waals surface area contributed by atoms with E-state index in [0.717, 1.165) is 41.9 Å². The Morgan fingerprint density at radius 2 is 1.63 bits per heavy atom. The van der Waals surface area contributed by atoms with Gasteiger partial charge >= 0.3 is 6.03 Å². The second kappa shape index (κ2) is 6.85. The molecule has 2 aromatic carbocycles. The first-order valence-corrected chi connectivity index (χ1v) is 8.86. The van der Waals surface area contributed by atoms with Crippen molar-refractivity contribution in [2.45, 2.75) is 0 Å². The first-order chi connectivity index (χ1) is 13.0. The zero-order chi connectivity index (χ0) is 19.0. The third-order valence-electron chi connectivity index (χ3n) is 4.96. The van der Waals surface area contributed by atoms with Gasteiger partial charge in [0.1, 0.15) is 5.57 Å². The number of fused-ring (bicyclic) bond motifs is 1. The van der Waals surface area contributed by atoms with Gasteiger partial charge in [-0.15, -0.1) is 0 Å². The minimum atomic E-state index is -0.725.